The SMILES string of the molecule is COc1sc(CC2CNC2)cc1Br. The molecule has 1 aliphatic heterocycles. The van der Waals surface area contributed by atoms with Crippen molar-refractivity contribution in [2.75, 3.05) is 20.2 Å². The second-order valence-electron chi connectivity index (χ2n) is 3.28. The Kier molecular flexibility index (Phi) is 2.91. The van der Waals surface area contributed by atoms with Crippen LogP contribution in [0, 0.1) is 5.92 Å². The fraction of sp³-hybridized carbons (Fsp3) is 0.556. The number of rotatable bonds is 3. The van der Waals surface area contributed by atoms with Gasteiger partial charge < -0.3 is 10.1 Å². The number of thiophene rings is 1. The van der Waals surface area contributed by atoms with E-state index in [4.69, 9.17) is 4.74 Å². The summed E-state index contributed by atoms with van der Waals surface area (Å²) >= 11 is 5.22. The van der Waals surface area contributed by atoms with Crippen LogP contribution >= 0.6 is 27.3 Å². The molecule has 4 heteroatoms. The third kappa shape index (κ3) is 2.06. The molecule has 72 valence electrons. The summed E-state index contributed by atoms with van der Waals surface area (Å²) in [5.74, 6) is 0.829. The second-order valence-corrected chi connectivity index (χ2v) is 5.23. The van der Waals surface area contributed by atoms with Crippen molar-refractivity contribution in [2.24, 2.45) is 5.92 Å². The van der Waals surface area contributed by atoms with Gasteiger partial charge in [-0.2, -0.15) is 0 Å². The highest BCUT2D eigenvalue weighted by molar-refractivity contribution is 9.10. The molecule has 1 fully saturated rings. The van der Waals surface area contributed by atoms with E-state index in [9.17, 15) is 0 Å². The molecule has 1 aliphatic rings. The van der Waals surface area contributed by atoms with Gasteiger partial charge in [0, 0.05) is 4.88 Å². The molecule has 1 aromatic heterocycles. The van der Waals surface area contributed by atoms with Gasteiger partial charge in [0.2, 0.25) is 0 Å². The van der Waals surface area contributed by atoms with Crippen LogP contribution < -0.4 is 10.1 Å². The van der Waals surface area contributed by atoms with E-state index in [0.717, 1.165) is 28.5 Å². The maximum atomic E-state index is 5.21. The lowest BCUT2D eigenvalue weighted by molar-refractivity contribution is 0.348. The zero-order chi connectivity index (χ0) is 9.26. The van der Waals surface area contributed by atoms with Crippen molar-refractivity contribution >= 4 is 27.3 Å². The first-order valence-electron chi connectivity index (χ1n) is 4.32. The molecule has 0 amide bonds. The van der Waals surface area contributed by atoms with E-state index < -0.39 is 0 Å². The van der Waals surface area contributed by atoms with E-state index in [1.165, 1.54) is 11.3 Å². The second kappa shape index (κ2) is 3.98. The van der Waals surface area contributed by atoms with Crippen LogP contribution in [0.25, 0.3) is 0 Å². The number of halogens is 1. The number of hydrogen-bond donors (Lipinski definition) is 1. The molecule has 2 rings (SSSR count). The Morgan fingerprint density at radius 2 is 2.46 bits per heavy atom. The molecule has 0 spiro atoms. The molecule has 0 atom stereocenters. The van der Waals surface area contributed by atoms with Gasteiger partial charge in [0.1, 0.15) is 0 Å². The molecule has 0 saturated carbocycles. The lowest BCUT2D eigenvalue weighted by Gasteiger charge is -2.26. The monoisotopic (exact) mass is 261 g/mol. The van der Waals surface area contributed by atoms with Gasteiger partial charge in [-0.25, -0.2) is 0 Å². The minimum Gasteiger partial charge on any atom is -0.486 e. The Hall–Kier alpha value is -0.0600. The van der Waals surface area contributed by atoms with Gasteiger partial charge in [0.05, 0.1) is 11.6 Å². The van der Waals surface area contributed by atoms with Crippen LogP contribution in [0.5, 0.6) is 5.06 Å². The van der Waals surface area contributed by atoms with Gasteiger partial charge in [-0.1, -0.05) is 0 Å². The molecule has 0 bridgehead atoms. The standard InChI is InChI=1S/C9H12BrNOS/c1-12-9-8(10)3-7(13-9)2-6-4-11-5-6/h3,6,11H,2,4-5H2,1H3. The van der Waals surface area contributed by atoms with Gasteiger partial charge in [-0.05, 0) is 47.4 Å². The topological polar surface area (TPSA) is 21.3 Å². The maximum Gasteiger partial charge on any atom is 0.188 e. The summed E-state index contributed by atoms with van der Waals surface area (Å²) in [6.07, 6.45) is 1.18. The zero-order valence-electron chi connectivity index (χ0n) is 7.47. The van der Waals surface area contributed by atoms with Crippen LogP contribution in [0.1, 0.15) is 4.88 Å². The summed E-state index contributed by atoms with van der Waals surface area (Å²) in [4.78, 5) is 1.41. The lowest BCUT2D eigenvalue weighted by atomic mass is 9.99. The third-order valence-electron chi connectivity index (χ3n) is 2.25. The van der Waals surface area contributed by atoms with Gasteiger partial charge in [0.25, 0.3) is 0 Å². The molecule has 0 unspecified atom stereocenters. The number of ether oxygens (including phenoxy) is 1. The van der Waals surface area contributed by atoms with E-state index in [1.54, 1.807) is 18.4 Å². The average molecular weight is 262 g/mol. The van der Waals surface area contributed by atoms with Crippen molar-refractivity contribution in [1.29, 1.82) is 0 Å². The highest BCUT2D eigenvalue weighted by Gasteiger charge is 2.18. The summed E-state index contributed by atoms with van der Waals surface area (Å²) < 4.78 is 6.30. The summed E-state index contributed by atoms with van der Waals surface area (Å²) in [6, 6.07) is 2.17. The number of hydrogen-bond acceptors (Lipinski definition) is 3. The molecule has 13 heavy (non-hydrogen) atoms. The highest BCUT2D eigenvalue weighted by Crippen LogP contribution is 2.35. The quantitative estimate of drug-likeness (QED) is 0.902. The van der Waals surface area contributed by atoms with E-state index >= 15 is 0 Å². The molecule has 0 aromatic carbocycles. The van der Waals surface area contributed by atoms with E-state index in [0.29, 0.717) is 0 Å². The van der Waals surface area contributed by atoms with Crippen LogP contribution in [-0.4, -0.2) is 20.2 Å². The van der Waals surface area contributed by atoms with Crippen molar-refractivity contribution in [3.05, 3.63) is 15.4 Å². The van der Waals surface area contributed by atoms with Crippen LogP contribution in [-0.2, 0) is 6.42 Å². The van der Waals surface area contributed by atoms with Crippen LogP contribution in [0.2, 0.25) is 0 Å². The highest BCUT2D eigenvalue weighted by atomic mass is 79.9. The van der Waals surface area contributed by atoms with Crippen LogP contribution in [0.15, 0.2) is 10.5 Å². The molecule has 0 radical (unpaired) electrons. The molecule has 0 aliphatic carbocycles. The minimum absolute atomic E-state index is 0.829. The predicted molar refractivity (Wildman–Crippen MR) is 58.6 cm³/mol. The summed E-state index contributed by atoms with van der Waals surface area (Å²) in [7, 11) is 1.71. The first-order chi connectivity index (χ1) is 6.29. The molecule has 1 aromatic rings. The average Bonchev–Trinajstić information content (AvgIpc) is 2.39. The summed E-state index contributed by atoms with van der Waals surface area (Å²) in [5, 5.41) is 4.27. The van der Waals surface area contributed by atoms with Gasteiger partial charge in [-0.15, -0.1) is 11.3 Å². The predicted octanol–water partition coefficient (Wildman–Crippen LogP) is 2.28. The van der Waals surface area contributed by atoms with Gasteiger partial charge >= 0.3 is 0 Å². The smallest absolute Gasteiger partial charge is 0.188 e. The van der Waals surface area contributed by atoms with Crippen molar-refractivity contribution in [1.82, 2.24) is 5.32 Å². The molecule has 2 nitrogen and oxygen atoms in total. The first kappa shape index (κ1) is 9.49. The van der Waals surface area contributed by atoms with E-state index in [-0.39, 0.29) is 0 Å². The number of nitrogens with one attached hydrogen (secondary N) is 1. The fourth-order valence-corrected chi connectivity index (χ4v) is 3.22. The summed E-state index contributed by atoms with van der Waals surface area (Å²) in [5.41, 5.74) is 0. The third-order valence-corrected chi connectivity index (χ3v) is 4.22. The Morgan fingerprint density at radius 1 is 1.69 bits per heavy atom. The van der Waals surface area contributed by atoms with E-state index in [2.05, 4.69) is 27.3 Å². The van der Waals surface area contributed by atoms with E-state index in [1.807, 2.05) is 0 Å². The fourth-order valence-electron chi connectivity index (χ4n) is 1.41. The van der Waals surface area contributed by atoms with Crippen LogP contribution in [0.3, 0.4) is 0 Å². The summed E-state index contributed by atoms with van der Waals surface area (Å²) in [6.45, 7) is 2.33. The minimum atomic E-state index is 0.829. The Bertz CT molecular complexity index is 296. The van der Waals surface area contributed by atoms with Gasteiger partial charge in [-0.3, -0.25) is 0 Å². The normalized spacial score (nSPS) is 17.1. The number of methoxy groups -OCH3 is 1. The maximum absolute atomic E-state index is 5.21. The van der Waals surface area contributed by atoms with Gasteiger partial charge in [0.15, 0.2) is 5.06 Å². The molecule has 1 N–H and O–H groups in total. The molecular weight excluding hydrogens is 250 g/mol. The van der Waals surface area contributed by atoms with Crippen LogP contribution in [0.4, 0.5) is 0 Å². The van der Waals surface area contributed by atoms with Crippen molar-refractivity contribution in [2.45, 2.75) is 6.42 Å². The zero-order valence-corrected chi connectivity index (χ0v) is 9.87. The van der Waals surface area contributed by atoms with Crippen molar-refractivity contribution in [3.63, 3.8) is 0 Å². The van der Waals surface area contributed by atoms with Crippen molar-refractivity contribution < 1.29 is 4.74 Å². The lowest BCUT2D eigenvalue weighted by Crippen LogP contribution is -2.42. The van der Waals surface area contributed by atoms with Crippen molar-refractivity contribution in [3.8, 4) is 5.06 Å². The largest absolute Gasteiger partial charge is 0.486 e. The first-order valence-corrected chi connectivity index (χ1v) is 5.93. The molecular formula is C9H12BrNOS. The Morgan fingerprint density at radius 3 is 2.92 bits per heavy atom. The molecule has 2 heterocycles. The Balaban J connectivity index is 2.03. The molecule has 1 saturated heterocycles. The Labute approximate surface area is 90.4 Å².